The van der Waals surface area contributed by atoms with Crippen molar-refractivity contribution in [2.45, 2.75) is 19.6 Å². The third-order valence-corrected chi connectivity index (χ3v) is 1.08. The maximum Gasteiger partial charge on any atom is 0.121 e. The molecule has 2 heteroatoms. The van der Waals surface area contributed by atoms with Gasteiger partial charge in [0.2, 0.25) is 0 Å². The van der Waals surface area contributed by atoms with Crippen LogP contribution in [0.5, 0.6) is 0 Å². The molecule has 0 aromatic rings. The molecule has 0 N–H and O–H groups in total. The number of hydrogen-bond donors (Lipinski definition) is 1. The lowest BCUT2D eigenvalue weighted by atomic mass is 9.73. The predicted molar refractivity (Wildman–Crippen MR) is 36.3 cm³/mol. The molecule has 0 aromatic heterocycles. The third kappa shape index (κ3) is 4.41. The van der Waals surface area contributed by atoms with E-state index in [1.807, 2.05) is 0 Å². The second kappa shape index (κ2) is 5.41. The quantitative estimate of drug-likeness (QED) is 0.309. The molecule has 36 valence electrons. The summed E-state index contributed by atoms with van der Waals surface area (Å²) in [5.41, 5.74) is 0. The Balaban J connectivity index is 2.34. The van der Waals surface area contributed by atoms with Crippen LogP contribution in [0.4, 0.5) is 0 Å². The minimum Gasteiger partial charge on any atom is -0.180 e. The largest absolute Gasteiger partial charge is 0.180 e. The summed E-state index contributed by atoms with van der Waals surface area (Å²) in [6.45, 7) is 2.20. The van der Waals surface area contributed by atoms with E-state index in [2.05, 4.69) is 19.6 Å². The lowest BCUT2D eigenvalue weighted by molar-refractivity contribution is 1.38. The van der Waals surface area contributed by atoms with Crippen molar-refractivity contribution in [3.05, 3.63) is 0 Å². The van der Waals surface area contributed by atoms with Crippen molar-refractivity contribution in [2.24, 2.45) is 0 Å². The first-order valence-electron chi connectivity index (χ1n) is 2.52. The Kier molecular flexibility index (Phi) is 5.79. The predicted octanol–water partition coefficient (Wildman–Crippen LogP) is 1.21. The fourth-order valence-electron chi connectivity index (χ4n) is 0.362. The van der Waals surface area contributed by atoms with E-state index >= 15 is 0 Å². The molecule has 0 rings (SSSR count). The first kappa shape index (κ1) is 6.41. The summed E-state index contributed by atoms with van der Waals surface area (Å²) < 4.78 is 0. The van der Waals surface area contributed by atoms with E-state index in [4.69, 9.17) is 0 Å². The van der Waals surface area contributed by atoms with Crippen LogP contribution >= 0.6 is 12.6 Å². The van der Waals surface area contributed by atoms with Gasteiger partial charge in [-0.1, -0.05) is 19.6 Å². The van der Waals surface area contributed by atoms with Crippen molar-refractivity contribution in [3.63, 3.8) is 0 Å². The van der Waals surface area contributed by atoms with Crippen molar-refractivity contribution in [3.8, 4) is 0 Å². The average Bonchev–Trinajstić information content (AvgIpc) is 1.61. The normalized spacial score (nSPS) is 8.33. The molecule has 6 heavy (non-hydrogen) atoms. The van der Waals surface area contributed by atoms with Crippen molar-refractivity contribution < 1.29 is 0 Å². The van der Waals surface area contributed by atoms with Crippen LogP contribution in [0.2, 0.25) is 12.6 Å². The highest BCUT2D eigenvalue weighted by Gasteiger charge is 1.79. The van der Waals surface area contributed by atoms with Crippen molar-refractivity contribution in [2.75, 3.05) is 5.75 Å². The van der Waals surface area contributed by atoms with Crippen LogP contribution < -0.4 is 0 Å². The Bertz CT molecular complexity index is 19.5. The molecule has 0 radical (unpaired) electrons. The Morgan fingerprint density at radius 1 is 1.67 bits per heavy atom. The van der Waals surface area contributed by atoms with Gasteiger partial charge in [0.1, 0.15) is 7.28 Å². The molecular formula is C4H11BS. The lowest BCUT2D eigenvalue weighted by Crippen LogP contribution is -1.84. The molecule has 0 aromatic carbocycles. The van der Waals surface area contributed by atoms with E-state index in [1.54, 1.807) is 0 Å². The minimum absolute atomic E-state index is 1.05. The van der Waals surface area contributed by atoms with Gasteiger partial charge in [-0.3, -0.25) is 0 Å². The summed E-state index contributed by atoms with van der Waals surface area (Å²) in [5.74, 6) is 1.05. The smallest absolute Gasteiger partial charge is 0.121 e. The van der Waals surface area contributed by atoms with E-state index in [0.717, 1.165) is 5.75 Å². The van der Waals surface area contributed by atoms with Crippen LogP contribution in [-0.4, -0.2) is 13.0 Å². The fraction of sp³-hybridized carbons (Fsp3) is 1.00. The van der Waals surface area contributed by atoms with Gasteiger partial charge in [0.15, 0.2) is 0 Å². The zero-order chi connectivity index (χ0) is 4.83. The molecule has 0 bridgehead atoms. The van der Waals surface area contributed by atoms with Crippen LogP contribution in [0, 0.1) is 0 Å². The maximum absolute atomic E-state index is 4.05. The molecule has 0 aliphatic rings. The molecule has 0 unspecified atom stereocenters. The first-order chi connectivity index (χ1) is 2.91. The van der Waals surface area contributed by atoms with Gasteiger partial charge in [-0.25, -0.2) is 0 Å². The third-order valence-electron chi connectivity index (χ3n) is 0.762. The van der Waals surface area contributed by atoms with Gasteiger partial charge in [0, 0.05) is 0 Å². The van der Waals surface area contributed by atoms with Crippen molar-refractivity contribution in [1.29, 1.82) is 0 Å². The minimum atomic E-state index is 1.05. The molecule has 0 aliphatic carbocycles. The summed E-state index contributed by atoms with van der Waals surface area (Å²) in [4.78, 5) is 0. The Morgan fingerprint density at radius 3 is 2.50 bits per heavy atom. The van der Waals surface area contributed by atoms with Crippen LogP contribution in [0.25, 0.3) is 0 Å². The lowest BCUT2D eigenvalue weighted by Gasteiger charge is -1.82. The van der Waals surface area contributed by atoms with E-state index < -0.39 is 0 Å². The van der Waals surface area contributed by atoms with Gasteiger partial charge in [0.05, 0.1) is 0 Å². The van der Waals surface area contributed by atoms with E-state index in [-0.39, 0.29) is 0 Å². The molecule has 0 atom stereocenters. The molecule has 0 saturated carbocycles. The summed E-state index contributed by atoms with van der Waals surface area (Å²) in [6.07, 6.45) is 2.58. The summed E-state index contributed by atoms with van der Waals surface area (Å²) in [6, 6.07) is 0. The SMILES string of the molecule is CCBCCS. The zero-order valence-electron chi connectivity index (χ0n) is 4.28. The molecule has 0 fully saturated rings. The molecule has 0 amide bonds. The average molecular weight is 102 g/mol. The van der Waals surface area contributed by atoms with Crippen LogP contribution in [-0.2, 0) is 0 Å². The Morgan fingerprint density at radius 2 is 2.33 bits per heavy atom. The molecule has 0 spiro atoms. The van der Waals surface area contributed by atoms with E-state index in [9.17, 15) is 0 Å². The van der Waals surface area contributed by atoms with Crippen LogP contribution in [0.3, 0.4) is 0 Å². The highest BCUT2D eigenvalue weighted by Crippen LogP contribution is 1.84. The van der Waals surface area contributed by atoms with E-state index in [0.29, 0.717) is 0 Å². The Labute approximate surface area is 46.0 Å². The summed E-state index contributed by atoms with van der Waals surface area (Å²) in [7, 11) is 1.34. The fourth-order valence-corrected chi connectivity index (χ4v) is 0.585. The number of hydrogen-bond acceptors (Lipinski definition) is 1. The highest BCUT2D eigenvalue weighted by molar-refractivity contribution is 7.80. The molecular weight excluding hydrogens is 90.9 g/mol. The van der Waals surface area contributed by atoms with Gasteiger partial charge in [-0.2, -0.15) is 12.6 Å². The highest BCUT2D eigenvalue weighted by atomic mass is 32.1. The van der Waals surface area contributed by atoms with Crippen LogP contribution in [0.15, 0.2) is 0 Å². The number of thiol groups is 1. The molecule has 0 aliphatic heterocycles. The van der Waals surface area contributed by atoms with Crippen LogP contribution in [0.1, 0.15) is 6.92 Å². The zero-order valence-corrected chi connectivity index (χ0v) is 5.17. The van der Waals surface area contributed by atoms with E-state index in [1.165, 1.54) is 19.9 Å². The Hall–Kier alpha value is 0.415. The van der Waals surface area contributed by atoms with Crippen molar-refractivity contribution >= 4 is 19.9 Å². The monoisotopic (exact) mass is 102 g/mol. The maximum atomic E-state index is 4.05. The van der Waals surface area contributed by atoms with Crippen molar-refractivity contribution in [1.82, 2.24) is 0 Å². The second-order valence-corrected chi connectivity index (χ2v) is 1.88. The molecule has 0 nitrogen and oxygen atoms in total. The topological polar surface area (TPSA) is 0 Å². The van der Waals surface area contributed by atoms with Gasteiger partial charge >= 0.3 is 0 Å². The second-order valence-electron chi connectivity index (χ2n) is 1.43. The summed E-state index contributed by atoms with van der Waals surface area (Å²) >= 11 is 4.05. The number of rotatable bonds is 3. The first-order valence-corrected chi connectivity index (χ1v) is 3.16. The van der Waals surface area contributed by atoms with Gasteiger partial charge < -0.3 is 0 Å². The van der Waals surface area contributed by atoms with Gasteiger partial charge in [-0.05, 0) is 5.75 Å². The summed E-state index contributed by atoms with van der Waals surface area (Å²) in [5, 5.41) is 0. The molecule has 0 saturated heterocycles. The molecule has 0 heterocycles. The van der Waals surface area contributed by atoms with Gasteiger partial charge in [0.25, 0.3) is 0 Å². The standard InChI is InChI=1S/C4H11BS/c1-2-5-3-4-6/h5-6H,2-4H2,1H3. The van der Waals surface area contributed by atoms with Gasteiger partial charge in [-0.15, -0.1) is 0 Å².